The van der Waals surface area contributed by atoms with E-state index >= 15 is 0 Å². The van der Waals surface area contributed by atoms with Crippen LogP contribution in [0.2, 0.25) is 0 Å². The molecule has 0 atom stereocenters. The van der Waals surface area contributed by atoms with Gasteiger partial charge < -0.3 is 10.3 Å². The molecule has 0 aliphatic heterocycles. The van der Waals surface area contributed by atoms with Gasteiger partial charge >= 0.3 is 0 Å². The molecule has 2 rings (SSSR count). The number of hydrogen-bond acceptors (Lipinski definition) is 4. The maximum absolute atomic E-state index is 3.81. The van der Waals surface area contributed by atoms with Crippen LogP contribution in [0.5, 0.6) is 0 Å². The van der Waals surface area contributed by atoms with Gasteiger partial charge in [-0.15, -0.1) is 0 Å². The summed E-state index contributed by atoms with van der Waals surface area (Å²) in [5.41, 5.74) is 5.08. The van der Waals surface area contributed by atoms with Gasteiger partial charge in [-0.25, -0.2) is 5.01 Å². The van der Waals surface area contributed by atoms with Gasteiger partial charge in [0.2, 0.25) is 0 Å². The molecule has 0 aliphatic carbocycles. The molecule has 4 heteroatoms. The van der Waals surface area contributed by atoms with Crippen molar-refractivity contribution in [2.24, 2.45) is 4.99 Å². The fraction of sp³-hybridized carbons (Fsp3) is 0.444. The van der Waals surface area contributed by atoms with E-state index in [0.29, 0.717) is 5.92 Å². The maximum atomic E-state index is 3.81. The van der Waals surface area contributed by atoms with Crippen LogP contribution in [0.25, 0.3) is 0 Å². The van der Waals surface area contributed by atoms with E-state index < -0.39 is 0 Å². The summed E-state index contributed by atoms with van der Waals surface area (Å²) in [6.07, 6.45) is 9.74. The second kappa shape index (κ2) is 13.7. The van der Waals surface area contributed by atoms with E-state index in [2.05, 4.69) is 109 Å². The van der Waals surface area contributed by atoms with Gasteiger partial charge in [-0.2, -0.15) is 0 Å². The number of aryl methyl sites for hydroxylation is 1. The van der Waals surface area contributed by atoms with Crippen molar-refractivity contribution in [2.75, 3.05) is 30.6 Å². The smallest absolute Gasteiger partial charge is 0.0857 e. The van der Waals surface area contributed by atoms with Crippen LogP contribution in [-0.4, -0.2) is 32.0 Å². The van der Waals surface area contributed by atoms with E-state index in [0.717, 1.165) is 25.3 Å². The van der Waals surface area contributed by atoms with E-state index in [1.807, 2.05) is 0 Å². The quantitative estimate of drug-likeness (QED) is 0.203. The van der Waals surface area contributed by atoms with E-state index in [9.17, 15) is 0 Å². The van der Waals surface area contributed by atoms with Crippen LogP contribution in [0.3, 0.4) is 0 Å². The Morgan fingerprint density at radius 3 is 2.39 bits per heavy atom. The summed E-state index contributed by atoms with van der Waals surface area (Å²) in [4.78, 5) is 3.81. The molecule has 0 spiro atoms. The van der Waals surface area contributed by atoms with Crippen molar-refractivity contribution in [3.63, 3.8) is 0 Å². The van der Waals surface area contributed by atoms with Gasteiger partial charge in [-0.3, -0.25) is 4.99 Å². The molecular formula is C27H40N4. The van der Waals surface area contributed by atoms with Gasteiger partial charge in [0.15, 0.2) is 0 Å². The first-order chi connectivity index (χ1) is 15.1. The van der Waals surface area contributed by atoms with Crippen LogP contribution in [0, 0.1) is 6.92 Å². The summed E-state index contributed by atoms with van der Waals surface area (Å²) in [6.45, 7) is 11.8. The first kappa shape index (κ1) is 24.7. The summed E-state index contributed by atoms with van der Waals surface area (Å²) in [5.74, 6) is 0.682. The highest BCUT2D eigenvalue weighted by atomic mass is 15.6. The average Bonchev–Trinajstić information content (AvgIpc) is 2.78. The van der Waals surface area contributed by atoms with E-state index in [-0.39, 0.29) is 0 Å². The van der Waals surface area contributed by atoms with Crippen molar-refractivity contribution < 1.29 is 0 Å². The molecule has 0 radical (unpaired) electrons. The Morgan fingerprint density at radius 2 is 1.77 bits per heavy atom. The van der Waals surface area contributed by atoms with E-state index in [4.69, 9.17) is 0 Å². The largest absolute Gasteiger partial charge is 0.371 e. The van der Waals surface area contributed by atoms with Crippen molar-refractivity contribution in [1.29, 1.82) is 0 Å². The number of hydrazine groups is 1. The molecule has 0 bridgehead atoms. The van der Waals surface area contributed by atoms with Crippen LogP contribution in [0.15, 0.2) is 65.8 Å². The zero-order valence-corrected chi connectivity index (χ0v) is 19.8. The molecule has 0 amide bonds. The number of benzene rings is 2. The predicted molar refractivity (Wildman–Crippen MR) is 137 cm³/mol. The fourth-order valence-corrected chi connectivity index (χ4v) is 3.97. The van der Waals surface area contributed by atoms with Crippen LogP contribution in [-0.2, 0) is 0 Å². The molecule has 168 valence electrons. The highest BCUT2D eigenvalue weighted by Gasteiger charge is 2.13. The Balaban J connectivity index is 2.03. The molecule has 2 aromatic carbocycles. The van der Waals surface area contributed by atoms with Gasteiger partial charge in [0.25, 0.3) is 0 Å². The van der Waals surface area contributed by atoms with Crippen molar-refractivity contribution in [2.45, 2.75) is 58.8 Å². The molecule has 0 saturated carbocycles. The molecule has 1 N–H and O–H groups in total. The zero-order chi connectivity index (χ0) is 22.5. The second-order valence-electron chi connectivity index (χ2n) is 8.21. The fourth-order valence-electron chi connectivity index (χ4n) is 3.97. The minimum atomic E-state index is 0.682. The number of nitrogens with zero attached hydrogens (tertiary/aromatic N) is 3. The van der Waals surface area contributed by atoms with Gasteiger partial charge in [-0.1, -0.05) is 57.0 Å². The van der Waals surface area contributed by atoms with Gasteiger partial charge in [-0.05, 0) is 74.2 Å². The summed E-state index contributed by atoms with van der Waals surface area (Å²) in [5, 5.41) is 8.12. The SMILES string of the molecule is C=N/C=C/CCN(c1cccc(C)c1)N(C)CNc1ccc(C(CCC)CCC)cc1. The molecule has 0 aliphatic rings. The van der Waals surface area contributed by atoms with Crippen LogP contribution < -0.4 is 10.3 Å². The van der Waals surface area contributed by atoms with Crippen molar-refractivity contribution >= 4 is 18.1 Å². The molecule has 31 heavy (non-hydrogen) atoms. The zero-order valence-electron chi connectivity index (χ0n) is 19.8. The Hall–Kier alpha value is -2.59. The third-order valence-electron chi connectivity index (χ3n) is 5.60. The third-order valence-corrected chi connectivity index (χ3v) is 5.60. The first-order valence-electron chi connectivity index (χ1n) is 11.6. The molecule has 2 aromatic rings. The lowest BCUT2D eigenvalue weighted by molar-refractivity contribution is 0.326. The standard InChI is InChI=1S/C27H40N4/c1-6-11-24(12-7-2)25-15-17-26(18-16-25)29-22-30(5)31(20-9-8-19-28-4)27-14-10-13-23(3)21-27/h8,10,13-19,21,24,29H,4,6-7,9,11-12,20,22H2,1-3,5H3/b19-8+. The molecule has 0 unspecified atom stereocenters. The van der Waals surface area contributed by atoms with E-state index in [1.54, 1.807) is 6.20 Å². The third kappa shape index (κ3) is 8.22. The number of aliphatic imine (C=N–C) groups is 1. The van der Waals surface area contributed by atoms with E-state index in [1.165, 1.54) is 42.5 Å². The average molecular weight is 421 g/mol. The molecule has 0 heterocycles. The number of anilines is 2. The molecule has 4 nitrogen and oxygen atoms in total. The lowest BCUT2D eigenvalue weighted by Gasteiger charge is -2.34. The summed E-state index contributed by atoms with van der Waals surface area (Å²) < 4.78 is 0. The topological polar surface area (TPSA) is 30.9 Å². The van der Waals surface area contributed by atoms with Crippen LogP contribution in [0.1, 0.15) is 63.0 Å². The van der Waals surface area contributed by atoms with Crippen LogP contribution >= 0.6 is 0 Å². The highest BCUT2D eigenvalue weighted by molar-refractivity contribution is 5.48. The molecule has 0 aromatic heterocycles. The van der Waals surface area contributed by atoms with Gasteiger partial charge in [0.1, 0.15) is 0 Å². The first-order valence-corrected chi connectivity index (χ1v) is 11.6. The lowest BCUT2D eigenvalue weighted by Crippen LogP contribution is -2.43. The molecular weight excluding hydrogens is 380 g/mol. The van der Waals surface area contributed by atoms with Crippen molar-refractivity contribution in [3.8, 4) is 0 Å². The Labute approximate surface area is 189 Å². The number of hydrogen-bond donors (Lipinski definition) is 1. The van der Waals surface area contributed by atoms with Gasteiger partial charge in [0.05, 0.1) is 12.4 Å². The minimum Gasteiger partial charge on any atom is -0.371 e. The van der Waals surface area contributed by atoms with Crippen molar-refractivity contribution in [3.05, 3.63) is 71.9 Å². The maximum Gasteiger partial charge on any atom is 0.0857 e. The summed E-state index contributed by atoms with van der Waals surface area (Å²) in [7, 11) is 2.12. The molecule has 0 fully saturated rings. The molecule has 0 saturated heterocycles. The lowest BCUT2D eigenvalue weighted by atomic mass is 9.90. The normalized spacial score (nSPS) is 11.4. The Bertz CT molecular complexity index is 791. The Morgan fingerprint density at radius 1 is 1.06 bits per heavy atom. The van der Waals surface area contributed by atoms with Crippen molar-refractivity contribution in [1.82, 2.24) is 5.01 Å². The number of nitrogens with one attached hydrogen (secondary N) is 1. The monoisotopic (exact) mass is 420 g/mol. The van der Waals surface area contributed by atoms with Crippen LogP contribution in [0.4, 0.5) is 11.4 Å². The van der Waals surface area contributed by atoms with Gasteiger partial charge in [0, 0.05) is 25.5 Å². The predicted octanol–water partition coefficient (Wildman–Crippen LogP) is 7.01. The number of rotatable bonds is 14. The second-order valence-corrected chi connectivity index (χ2v) is 8.21. The summed E-state index contributed by atoms with van der Waals surface area (Å²) in [6, 6.07) is 17.7. The highest BCUT2D eigenvalue weighted by Crippen LogP contribution is 2.27. The summed E-state index contributed by atoms with van der Waals surface area (Å²) >= 11 is 0. The minimum absolute atomic E-state index is 0.682. The Kier molecular flexibility index (Phi) is 10.9.